The minimum absolute atomic E-state index is 0.0824. The number of ether oxygens (including phenoxy) is 1. The molecule has 3 heterocycles. The highest BCUT2D eigenvalue weighted by Gasteiger charge is 2.32. The molecule has 142 valence electrons. The molecule has 1 aromatic heterocycles. The lowest BCUT2D eigenvalue weighted by atomic mass is 10.2. The zero-order valence-electron chi connectivity index (χ0n) is 15.3. The fraction of sp³-hybridized carbons (Fsp3) is 0.421. The lowest BCUT2D eigenvalue weighted by molar-refractivity contribution is -0.151. The molecular formula is C19H22N4O3S. The van der Waals surface area contributed by atoms with E-state index in [0.29, 0.717) is 18.9 Å². The van der Waals surface area contributed by atoms with Gasteiger partial charge in [-0.15, -0.1) is 0 Å². The minimum atomic E-state index is -0.631. The molecule has 0 radical (unpaired) electrons. The molecule has 1 fully saturated rings. The van der Waals surface area contributed by atoms with Gasteiger partial charge >= 0.3 is 11.8 Å². The van der Waals surface area contributed by atoms with Crippen LogP contribution in [0.15, 0.2) is 30.3 Å². The van der Waals surface area contributed by atoms with Crippen molar-refractivity contribution in [3.63, 3.8) is 0 Å². The molecule has 2 atom stereocenters. The zero-order chi connectivity index (χ0) is 19.0. The quantitative estimate of drug-likeness (QED) is 0.801. The number of carbonyl (C=O) groups excluding carboxylic acids is 2. The monoisotopic (exact) mass is 386 g/mol. The summed E-state index contributed by atoms with van der Waals surface area (Å²) in [4.78, 5) is 27.0. The second-order valence-electron chi connectivity index (χ2n) is 6.94. The van der Waals surface area contributed by atoms with Crippen LogP contribution in [-0.4, -0.2) is 51.8 Å². The van der Waals surface area contributed by atoms with Gasteiger partial charge in [0.2, 0.25) is 0 Å². The average molecular weight is 386 g/mol. The lowest BCUT2D eigenvalue weighted by Gasteiger charge is -2.34. The van der Waals surface area contributed by atoms with Gasteiger partial charge in [0.1, 0.15) is 5.82 Å². The smallest absolute Gasteiger partial charge is 0.315 e. The predicted octanol–water partition coefficient (Wildman–Crippen LogP) is 2.19. The first-order valence-corrected chi connectivity index (χ1v) is 10.2. The normalized spacial score (nSPS) is 21.8. The van der Waals surface area contributed by atoms with Crippen molar-refractivity contribution >= 4 is 29.4 Å². The zero-order valence-corrected chi connectivity index (χ0v) is 16.2. The second-order valence-corrected chi connectivity index (χ2v) is 7.92. The number of fused-ring (bicyclic) bond motifs is 1. The summed E-state index contributed by atoms with van der Waals surface area (Å²) < 4.78 is 7.37. The minimum Gasteiger partial charge on any atom is -0.372 e. The van der Waals surface area contributed by atoms with Crippen molar-refractivity contribution in [3.8, 4) is 5.69 Å². The first kappa shape index (κ1) is 18.1. The Morgan fingerprint density at radius 3 is 2.56 bits per heavy atom. The molecule has 2 aromatic rings. The molecule has 7 nitrogen and oxygen atoms in total. The van der Waals surface area contributed by atoms with Crippen molar-refractivity contribution in [1.82, 2.24) is 14.7 Å². The maximum absolute atomic E-state index is 12.7. The van der Waals surface area contributed by atoms with Crippen LogP contribution in [0, 0.1) is 0 Å². The van der Waals surface area contributed by atoms with Crippen LogP contribution in [0.3, 0.4) is 0 Å². The first-order valence-electron chi connectivity index (χ1n) is 9.02. The van der Waals surface area contributed by atoms with Crippen LogP contribution >= 0.6 is 11.8 Å². The van der Waals surface area contributed by atoms with Gasteiger partial charge in [-0.05, 0) is 26.0 Å². The number of aromatic nitrogens is 2. The molecule has 0 aliphatic carbocycles. The van der Waals surface area contributed by atoms with Crippen LogP contribution in [0.2, 0.25) is 0 Å². The van der Waals surface area contributed by atoms with Gasteiger partial charge in [-0.1, -0.05) is 18.2 Å². The van der Waals surface area contributed by atoms with Gasteiger partial charge in [-0.3, -0.25) is 9.59 Å². The Morgan fingerprint density at radius 2 is 1.85 bits per heavy atom. The summed E-state index contributed by atoms with van der Waals surface area (Å²) in [5.41, 5.74) is 2.81. The molecule has 0 bridgehead atoms. The Morgan fingerprint density at radius 1 is 1.15 bits per heavy atom. The van der Waals surface area contributed by atoms with Crippen LogP contribution < -0.4 is 5.32 Å². The average Bonchev–Trinajstić information content (AvgIpc) is 3.23. The third kappa shape index (κ3) is 3.59. The molecule has 2 aliphatic heterocycles. The van der Waals surface area contributed by atoms with E-state index in [2.05, 4.69) is 10.4 Å². The number of hydrogen-bond donors (Lipinski definition) is 1. The Hall–Kier alpha value is -2.32. The fourth-order valence-corrected chi connectivity index (χ4v) is 4.58. The van der Waals surface area contributed by atoms with E-state index in [-0.39, 0.29) is 12.2 Å². The Bertz CT molecular complexity index is 857. The number of benzene rings is 1. The van der Waals surface area contributed by atoms with Crippen LogP contribution in [-0.2, 0) is 25.8 Å². The third-order valence-electron chi connectivity index (χ3n) is 4.69. The van der Waals surface area contributed by atoms with Gasteiger partial charge < -0.3 is 15.0 Å². The second kappa shape index (κ2) is 7.36. The number of nitrogens with zero attached hydrogens (tertiary/aromatic N) is 3. The SMILES string of the molecule is C[C@@H]1CN(C(=O)C(=O)Nc2c3c(nn2-c2ccccc2)CSC3)C[C@H](C)O1. The first-order chi connectivity index (χ1) is 13.0. The van der Waals surface area contributed by atoms with Gasteiger partial charge in [0.05, 0.1) is 23.6 Å². The molecule has 27 heavy (non-hydrogen) atoms. The van der Waals surface area contributed by atoms with Crippen LogP contribution in [0.25, 0.3) is 5.69 Å². The van der Waals surface area contributed by atoms with Crippen molar-refractivity contribution in [1.29, 1.82) is 0 Å². The van der Waals surface area contributed by atoms with E-state index in [9.17, 15) is 9.59 Å². The van der Waals surface area contributed by atoms with Gasteiger partial charge in [-0.2, -0.15) is 16.9 Å². The Kier molecular flexibility index (Phi) is 4.92. The van der Waals surface area contributed by atoms with E-state index >= 15 is 0 Å². The highest BCUT2D eigenvalue weighted by atomic mass is 32.2. The van der Waals surface area contributed by atoms with Crippen LogP contribution in [0.5, 0.6) is 0 Å². The molecule has 2 aliphatic rings. The summed E-state index contributed by atoms with van der Waals surface area (Å²) >= 11 is 1.75. The fourth-order valence-electron chi connectivity index (χ4n) is 3.55. The van der Waals surface area contributed by atoms with Crippen LogP contribution in [0.1, 0.15) is 25.1 Å². The molecule has 1 saturated heterocycles. The number of morpholine rings is 1. The molecule has 1 aromatic carbocycles. The summed E-state index contributed by atoms with van der Waals surface area (Å²) in [6, 6.07) is 9.63. The number of hydrogen-bond acceptors (Lipinski definition) is 5. The van der Waals surface area contributed by atoms with Gasteiger partial charge in [0.25, 0.3) is 0 Å². The predicted molar refractivity (Wildman–Crippen MR) is 104 cm³/mol. The number of amides is 2. The summed E-state index contributed by atoms with van der Waals surface area (Å²) in [6.45, 7) is 4.65. The lowest BCUT2D eigenvalue weighted by Crippen LogP contribution is -2.51. The maximum Gasteiger partial charge on any atom is 0.315 e. The number of para-hydroxylation sites is 1. The van der Waals surface area contributed by atoms with Crippen molar-refractivity contribution in [2.75, 3.05) is 18.4 Å². The van der Waals surface area contributed by atoms with Crippen LogP contribution in [0.4, 0.5) is 5.82 Å². The van der Waals surface area contributed by atoms with Gasteiger partial charge in [-0.25, -0.2) is 4.68 Å². The summed E-state index contributed by atoms with van der Waals surface area (Å²) in [7, 11) is 0. The van der Waals surface area contributed by atoms with E-state index in [1.54, 1.807) is 21.3 Å². The number of rotatable bonds is 2. The maximum atomic E-state index is 12.7. The third-order valence-corrected chi connectivity index (χ3v) is 5.66. The number of thioether (sulfide) groups is 1. The van der Waals surface area contributed by atoms with Gasteiger partial charge in [0, 0.05) is 30.2 Å². The van der Waals surface area contributed by atoms with E-state index in [4.69, 9.17) is 4.74 Å². The molecule has 4 rings (SSSR count). The largest absolute Gasteiger partial charge is 0.372 e. The number of nitrogens with one attached hydrogen (secondary N) is 1. The molecule has 2 amide bonds. The van der Waals surface area contributed by atoms with E-state index in [0.717, 1.165) is 28.5 Å². The van der Waals surface area contributed by atoms with E-state index < -0.39 is 11.8 Å². The van der Waals surface area contributed by atoms with E-state index in [1.165, 1.54) is 0 Å². The Balaban J connectivity index is 1.59. The molecule has 0 spiro atoms. The van der Waals surface area contributed by atoms with Gasteiger partial charge in [0.15, 0.2) is 0 Å². The number of carbonyl (C=O) groups is 2. The van der Waals surface area contributed by atoms with Crippen molar-refractivity contribution in [2.24, 2.45) is 0 Å². The molecular weight excluding hydrogens is 364 g/mol. The number of anilines is 1. The Labute approximate surface area is 162 Å². The standard InChI is InChI=1S/C19H22N4O3S/c1-12-8-22(9-13(2)26-12)19(25)18(24)20-17-15-10-27-11-16(15)21-23(17)14-6-4-3-5-7-14/h3-7,12-13H,8-11H2,1-2H3,(H,20,24)/t12-,13+. The molecule has 1 N–H and O–H groups in total. The van der Waals surface area contributed by atoms with Crippen molar-refractivity contribution in [2.45, 2.75) is 37.6 Å². The molecule has 0 saturated carbocycles. The van der Waals surface area contributed by atoms with Crippen molar-refractivity contribution < 1.29 is 14.3 Å². The summed E-state index contributed by atoms with van der Waals surface area (Å²) in [5, 5.41) is 7.48. The topological polar surface area (TPSA) is 76.5 Å². The summed E-state index contributed by atoms with van der Waals surface area (Å²) in [6.07, 6.45) is -0.165. The van der Waals surface area contributed by atoms with E-state index in [1.807, 2.05) is 44.2 Å². The summed E-state index contributed by atoms with van der Waals surface area (Å²) in [5.74, 6) is 1.02. The molecule has 8 heteroatoms. The van der Waals surface area contributed by atoms with Crippen molar-refractivity contribution in [3.05, 3.63) is 41.6 Å². The highest BCUT2D eigenvalue weighted by Crippen LogP contribution is 2.36. The molecule has 0 unspecified atom stereocenters. The highest BCUT2D eigenvalue weighted by molar-refractivity contribution is 7.98.